The number of allylic oxidation sites excluding steroid dienone is 5. The molecule has 0 fully saturated rings. The maximum absolute atomic E-state index is 12.5. The first-order valence-electron chi connectivity index (χ1n) is 21.4. The van der Waals surface area contributed by atoms with Crippen molar-refractivity contribution in [2.75, 3.05) is 23.3 Å². The van der Waals surface area contributed by atoms with Crippen LogP contribution in [0.25, 0.3) is 0 Å². The van der Waals surface area contributed by atoms with Crippen LogP contribution in [-0.4, -0.2) is 52.5 Å². The summed E-state index contributed by atoms with van der Waals surface area (Å²) in [5, 5.41) is 21.8. The lowest BCUT2D eigenvalue weighted by molar-refractivity contribution is -0.438. The van der Waals surface area contributed by atoms with Crippen molar-refractivity contribution >= 4 is 52.2 Å². The molecule has 12 heteroatoms. The second-order valence-corrected chi connectivity index (χ2v) is 17.5. The first kappa shape index (κ1) is 47.7. The Balaban J connectivity index is 0.000000955. The Kier molecular flexibility index (Phi) is 16.2. The molecule has 0 saturated carbocycles. The molecule has 0 bridgehead atoms. The summed E-state index contributed by atoms with van der Waals surface area (Å²) in [5.74, 6) is -3.58. The Morgan fingerprint density at radius 1 is 0.871 bits per heavy atom. The number of carboxylic acid groups (broad SMARTS) is 2. The largest absolute Gasteiger partial charge is 0.542 e. The van der Waals surface area contributed by atoms with Gasteiger partial charge in [0.05, 0.1) is 11.1 Å². The molecule has 1 aliphatic carbocycles. The third-order valence-corrected chi connectivity index (χ3v) is 12.4. The van der Waals surface area contributed by atoms with Gasteiger partial charge in [-0.1, -0.05) is 78.7 Å². The second-order valence-electron chi connectivity index (χ2n) is 17.1. The highest BCUT2D eigenvalue weighted by Gasteiger charge is 2.44. The van der Waals surface area contributed by atoms with Gasteiger partial charge in [-0.3, -0.25) is 9.59 Å². The van der Waals surface area contributed by atoms with Gasteiger partial charge in [0.15, 0.2) is 5.71 Å². The van der Waals surface area contributed by atoms with Crippen LogP contribution >= 0.6 is 11.6 Å². The number of anilines is 2. The van der Waals surface area contributed by atoms with Gasteiger partial charge >= 0.3 is 12.1 Å². The second kappa shape index (κ2) is 21.1. The maximum atomic E-state index is 12.5. The molecule has 62 heavy (non-hydrogen) atoms. The van der Waals surface area contributed by atoms with Crippen molar-refractivity contribution in [3.63, 3.8) is 0 Å². The number of aliphatic carboxylic acids is 2. The van der Waals surface area contributed by atoms with Gasteiger partial charge in [-0.25, -0.2) is 0 Å². The number of unbranched alkanes of at least 4 members (excludes halogenated alkanes) is 4. The van der Waals surface area contributed by atoms with Crippen molar-refractivity contribution < 1.29 is 42.3 Å². The number of hydrogen-bond donors (Lipinski definition) is 2. The lowest BCUT2D eigenvalue weighted by atomic mass is 9.81. The number of alkyl halides is 3. The molecule has 2 heterocycles. The number of fused-ring (bicyclic) bond motifs is 2. The summed E-state index contributed by atoms with van der Waals surface area (Å²) < 4.78 is 34.0. The smallest absolute Gasteiger partial charge is 0.430 e. The zero-order valence-corrected chi connectivity index (χ0v) is 36.7. The number of carbonyl (C=O) groups excluding carboxylic acids is 2. The molecule has 3 aromatic carbocycles. The lowest BCUT2D eigenvalue weighted by Crippen LogP contribution is -2.37. The topological polar surface area (TPSA) is 113 Å². The molecular formula is C50H57ClF3N3O5. The van der Waals surface area contributed by atoms with Crippen molar-refractivity contribution in [1.29, 1.82) is 0 Å². The van der Waals surface area contributed by atoms with Gasteiger partial charge in [-0.05, 0) is 108 Å². The fourth-order valence-electron chi connectivity index (χ4n) is 8.57. The standard InChI is InChI=1S/C48H56ClN3O3.C2HF3O2/c1-47(2)38-23-12-14-25-40(38)51(33-16-6-10-27-44(53)50-37-21-8-5-9-22-37)42(47)31-29-35-19-18-20-36(46(35)49)30-32-43-48(3,4)39-24-13-15-26-41(39)52(43)34-17-7-11-28-45(54)55;3-2(4,5)1(6)7/h5,8-9,12-15,21-26,29-30,32,35H,6-7,10-11,16-20,27-28,33-34H2,1-4H3,(H-,50,53,54,55);(H,6,7)/b32-30+;. The molecule has 0 aromatic heterocycles. The molecule has 1 amide bonds. The van der Waals surface area contributed by atoms with E-state index in [1.165, 1.54) is 39.5 Å². The minimum atomic E-state index is -5.19. The van der Waals surface area contributed by atoms with E-state index in [9.17, 15) is 22.8 Å². The number of nitrogens with one attached hydrogen (secondary N) is 1. The Morgan fingerprint density at radius 3 is 2.19 bits per heavy atom. The number of amides is 1. The number of rotatable bonds is 16. The van der Waals surface area contributed by atoms with Crippen molar-refractivity contribution in [2.45, 2.75) is 115 Å². The quantitative estimate of drug-likeness (QED) is 0.0842. The van der Waals surface area contributed by atoms with E-state index in [0.29, 0.717) is 12.8 Å². The summed E-state index contributed by atoms with van der Waals surface area (Å²) in [4.78, 5) is 34.8. The molecule has 3 aliphatic rings. The van der Waals surface area contributed by atoms with Gasteiger partial charge in [0.2, 0.25) is 11.6 Å². The molecule has 1 atom stereocenters. The number of halogens is 4. The first-order valence-corrected chi connectivity index (χ1v) is 21.8. The van der Waals surface area contributed by atoms with Crippen molar-refractivity contribution in [1.82, 2.24) is 0 Å². The fourth-order valence-corrected chi connectivity index (χ4v) is 8.90. The number of nitrogens with zero attached hydrogens (tertiary/aromatic N) is 2. The van der Waals surface area contributed by atoms with E-state index >= 15 is 0 Å². The maximum Gasteiger partial charge on any atom is 0.430 e. The van der Waals surface area contributed by atoms with Gasteiger partial charge in [-0.15, -0.1) is 5.73 Å². The highest BCUT2D eigenvalue weighted by molar-refractivity contribution is 6.30. The monoisotopic (exact) mass is 871 g/mol. The highest BCUT2D eigenvalue weighted by atomic mass is 35.5. The minimum absolute atomic E-state index is 0.0620. The van der Waals surface area contributed by atoms with E-state index in [1.54, 1.807) is 0 Å². The van der Waals surface area contributed by atoms with Crippen LogP contribution in [0.15, 0.2) is 119 Å². The van der Waals surface area contributed by atoms with Crippen molar-refractivity contribution in [3.8, 4) is 0 Å². The molecular weight excluding hydrogens is 815 g/mol. The Labute approximate surface area is 368 Å². The van der Waals surface area contributed by atoms with Gasteiger partial charge < -0.3 is 25.2 Å². The van der Waals surface area contributed by atoms with Crippen LogP contribution in [0, 0.1) is 5.92 Å². The number of benzene rings is 3. The molecule has 6 rings (SSSR count). The number of para-hydroxylation sites is 3. The summed E-state index contributed by atoms with van der Waals surface area (Å²) >= 11 is 7.28. The summed E-state index contributed by atoms with van der Waals surface area (Å²) in [6.45, 7) is 10.9. The van der Waals surface area contributed by atoms with Crippen molar-refractivity contribution in [2.24, 2.45) is 5.92 Å². The average Bonchev–Trinajstić information content (AvgIpc) is 3.57. The third-order valence-electron chi connectivity index (χ3n) is 11.8. The number of hydrogen-bond acceptors (Lipinski definition) is 5. The third kappa shape index (κ3) is 12.0. The molecule has 3 aromatic rings. The Hall–Kier alpha value is -5.38. The molecule has 0 radical (unpaired) electrons. The SMILES string of the molecule is CC1(C)C(=C=CC2CCCC(/C=C/C3=[N+](CCCCCC(=O)O)c4ccccc4C3(C)C)=C2Cl)N(CCCCCC(=O)Nc2ccccc2)c2ccccc21.O=C([O-])C(F)(F)F. The van der Waals surface area contributed by atoms with Crippen LogP contribution in [-0.2, 0) is 25.2 Å². The first-order chi connectivity index (χ1) is 29.4. The molecule has 0 saturated heterocycles. The fraction of sp³-hybridized carbons (Fsp3) is 0.420. The van der Waals surface area contributed by atoms with Gasteiger partial charge in [0.25, 0.3) is 0 Å². The predicted molar refractivity (Wildman–Crippen MR) is 238 cm³/mol. The Bertz CT molecular complexity index is 2250. The molecule has 2 N–H and O–H groups in total. The van der Waals surface area contributed by atoms with E-state index in [1.807, 2.05) is 30.3 Å². The van der Waals surface area contributed by atoms with E-state index in [4.69, 9.17) is 26.6 Å². The van der Waals surface area contributed by atoms with E-state index < -0.39 is 18.1 Å². The van der Waals surface area contributed by atoms with E-state index in [0.717, 1.165) is 75.2 Å². The van der Waals surface area contributed by atoms with Crippen molar-refractivity contribution in [3.05, 3.63) is 130 Å². The van der Waals surface area contributed by atoms with Gasteiger partial charge in [0.1, 0.15) is 12.5 Å². The molecule has 1 unspecified atom stereocenters. The van der Waals surface area contributed by atoms with Crippen LogP contribution in [0.5, 0.6) is 0 Å². The van der Waals surface area contributed by atoms with Crippen LogP contribution < -0.4 is 15.3 Å². The average molecular weight is 872 g/mol. The number of carboxylic acids is 2. The zero-order valence-electron chi connectivity index (χ0n) is 36.0. The van der Waals surface area contributed by atoms with Crippen LogP contribution in [0.3, 0.4) is 0 Å². The molecule has 8 nitrogen and oxygen atoms in total. The summed E-state index contributed by atoms with van der Waals surface area (Å²) in [7, 11) is 0. The molecule has 330 valence electrons. The molecule has 2 aliphatic heterocycles. The lowest BCUT2D eigenvalue weighted by Gasteiger charge is -2.26. The predicted octanol–water partition coefficient (Wildman–Crippen LogP) is 10.9. The summed E-state index contributed by atoms with van der Waals surface area (Å²) in [6, 6.07) is 27.0. The van der Waals surface area contributed by atoms with E-state index in [2.05, 4.69) is 115 Å². The van der Waals surface area contributed by atoms with Crippen LogP contribution in [0.4, 0.5) is 30.2 Å². The Morgan fingerprint density at radius 2 is 1.50 bits per heavy atom. The van der Waals surface area contributed by atoms with Gasteiger partial charge in [0, 0.05) is 71.3 Å². The molecule has 0 spiro atoms. The van der Waals surface area contributed by atoms with E-state index in [-0.39, 0.29) is 29.1 Å². The summed E-state index contributed by atoms with van der Waals surface area (Å²) in [6.07, 6.45) is 10.6. The van der Waals surface area contributed by atoms with Crippen LogP contribution in [0.2, 0.25) is 0 Å². The zero-order chi connectivity index (χ0) is 45.1. The van der Waals surface area contributed by atoms with Gasteiger partial charge in [-0.2, -0.15) is 17.7 Å². The highest BCUT2D eigenvalue weighted by Crippen LogP contribution is 2.48. The summed E-state index contributed by atoms with van der Waals surface area (Å²) in [5.41, 5.74) is 13.0. The number of carbonyl (C=O) groups is 3. The minimum Gasteiger partial charge on any atom is -0.542 e. The van der Waals surface area contributed by atoms with Crippen LogP contribution in [0.1, 0.15) is 109 Å². The normalized spacial score (nSPS) is 17.6.